The SMILES string of the molecule is CC(C)(CCCOCn1ccc(=O)[nH]c1=O)CS(=O)(=O)c1cc(Cl)c(Cl)s1. The maximum atomic E-state index is 12.5. The van der Waals surface area contributed by atoms with Crippen LogP contribution < -0.4 is 11.2 Å². The number of H-pyrrole nitrogens is 1. The van der Waals surface area contributed by atoms with Crippen LogP contribution in [0.5, 0.6) is 0 Å². The number of nitrogens with one attached hydrogen (secondary N) is 1. The summed E-state index contributed by atoms with van der Waals surface area (Å²) in [6.07, 6.45) is 2.58. The van der Waals surface area contributed by atoms with Crippen LogP contribution in [0.1, 0.15) is 26.7 Å². The van der Waals surface area contributed by atoms with Gasteiger partial charge in [0.15, 0.2) is 9.84 Å². The van der Waals surface area contributed by atoms with Crippen molar-refractivity contribution in [2.24, 2.45) is 5.41 Å². The van der Waals surface area contributed by atoms with E-state index in [4.69, 9.17) is 27.9 Å². The molecule has 0 bridgehead atoms. The van der Waals surface area contributed by atoms with Gasteiger partial charge in [-0.1, -0.05) is 37.0 Å². The highest BCUT2D eigenvalue weighted by Gasteiger charge is 2.29. The van der Waals surface area contributed by atoms with Gasteiger partial charge in [-0.3, -0.25) is 14.3 Å². The lowest BCUT2D eigenvalue weighted by Crippen LogP contribution is -2.29. The van der Waals surface area contributed by atoms with Crippen LogP contribution in [0.3, 0.4) is 0 Å². The molecule has 0 saturated carbocycles. The molecule has 2 aromatic rings. The van der Waals surface area contributed by atoms with E-state index in [-0.39, 0.29) is 26.1 Å². The highest BCUT2D eigenvalue weighted by Crippen LogP contribution is 2.37. The van der Waals surface area contributed by atoms with Crippen molar-refractivity contribution in [1.82, 2.24) is 9.55 Å². The topological polar surface area (TPSA) is 98.2 Å². The minimum Gasteiger partial charge on any atom is -0.361 e. The fraction of sp³-hybridized carbons (Fsp3) is 0.500. The fourth-order valence-electron chi connectivity index (χ4n) is 2.50. The Bertz CT molecular complexity index is 989. The second-order valence-electron chi connectivity index (χ2n) is 6.83. The molecule has 2 heterocycles. The Hall–Kier alpha value is -1.13. The van der Waals surface area contributed by atoms with Gasteiger partial charge in [-0.25, -0.2) is 13.2 Å². The monoisotopic (exact) mass is 454 g/mol. The fourth-order valence-corrected chi connectivity index (χ4v) is 6.35. The van der Waals surface area contributed by atoms with Crippen molar-refractivity contribution in [2.75, 3.05) is 12.4 Å². The lowest BCUT2D eigenvalue weighted by atomic mass is 9.90. The second kappa shape index (κ2) is 8.91. The molecule has 7 nitrogen and oxygen atoms in total. The first kappa shape index (κ1) is 22.2. The van der Waals surface area contributed by atoms with Crippen LogP contribution in [0, 0.1) is 5.41 Å². The molecule has 0 aliphatic carbocycles. The van der Waals surface area contributed by atoms with Crippen LogP contribution in [0.25, 0.3) is 0 Å². The molecule has 11 heteroatoms. The molecule has 150 valence electrons. The van der Waals surface area contributed by atoms with E-state index in [2.05, 4.69) is 4.98 Å². The summed E-state index contributed by atoms with van der Waals surface area (Å²) in [6.45, 7) is 4.10. The van der Waals surface area contributed by atoms with Gasteiger partial charge in [0, 0.05) is 18.9 Å². The predicted molar refractivity (Wildman–Crippen MR) is 107 cm³/mol. The third kappa shape index (κ3) is 6.46. The average Bonchev–Trinajstić information content (AvgIpc) is 2.88. The summed E-state index contributed by atoms with van der Waals surface area (Å²) in [5, 5.41) is 0.240. The van der Waals surface area contributed by atoms with Crippen LogP contribution in [0.4, 0.5) is 0 Å². The number of aromatic amines is 1. The first-order valence-electron chi connectivity index (χ1n) is 8.05. The number of halogens is 2. The molecule has 0 amide bonds. The molecule has 1 N–H and O–H groups in total. The maximum Gasteiger partial charge on any atom is 0.330 e. The first-order valence-corrected chi connectivity index (χ1v) is 11.3. The summed E-state index contributed by atoms with van der Waals surface area (Å²) in [5.41, 5.74) is -1.48. The van der Waals surface area contributed by atoms with Gasteiger partial charge in [0.25, 0.3) is 5.56 Å². The lowest BCUT2D eigenvalue weighted by molar-refractivity contribution is 0.0663. The third-order valence-corrected chi connectivity index (χ3v) is 8.34. The van der Waals surface area contributed by atoms with E-state index < -0.39 is 26.5 Å². The molecule has 2 rings (SSSR count). The average molecular weight is 455 g/mol. The Balaban J connectivity index is 1.83. The zero-order valence-corrected chi connectivity index (χ0v) is 18.0. The van der Waals surface area contributed by atoms with E-state index in [1.165, 1.54) is 22.9 Å². The van der Waals surface area contributed by atoms with Crippen molar-refractivity contribution in [2.45, 2.75) is 37.6 Å². The summed E-state index contributed by atoms with van der Waals surface area (Å²) in [5.74, 6) is -0.0352. The van der Waals surface area contributed by atoms with Gasteiger partial charge < -0.3 is 4.74 Å². The number of nitrogens with zero attached hydrogens (tertiary/aromatic N) is 1. The molecule has 0 fully saturated rings. The van der Waals surface area contributed by atoms with Gasteiger partial charge >= 0.3 is 5.69 Å². The summed E-state index contributed by atoms with van der Waals surface area (Å²) in [6, 6.07) is 2.62. The van der Waals surface area contributed by atoms with E-state index in [0.29, 0.717) is 19.4 Å². The van der Waals surface area contributed by atoms with E-state index in [1.54, 1.807) is 0 Å². The van der Waals surface area contributed by atoms with Crippen molar-refractivity contribution in [3.05, 3.63) is 48.5 Å². The van der Waals surface area contributed by atoms with Crippen molar-refractivity contribution in [3.63, 3.8) is 0 Å². The largest absolute Gasteiger partial charge is 0.361 e. The normalized spacial score (nSPS) is 12.4. The van der Waals surface area contributed by atoms with Gasteiger partial charge in [-0.2, -0.15) is 0 Å². The minimum atomic E-state index is -3.49. The van der Waals surface area contributed by atoms with Gasteiger partial charge in [-0.15, -0.1) is 11.3 Å². The quantitative estimate of drug-likeness (QED) is 0.586. The molecule has 0 saturated heterocycles. The number of ether oxygens (including phenoxy) is 1. The van der Waals surface area contributed by atoms with Crippen molar-refractivity contribution in [1.29, 1.82) is 0 Å². The molecule has 0 atom stereocenters. The highest BCUT2D eigenvalue weighted by atomic mass is 35.5. The van der Waals surface area contributed by atoms with Gasteiger partial charge in [0.2, 0.25) is 0 Å². The number of sulfone groups is 1. The Morgan fingerprint density at radius 2 is 2.00 bits per heavy atom. The van der Waals surface area contributed by atoms with Crippen LogP contribution in [-0.2, 0) is 21.3 Å². The molecule has 0 aromatic carbocycles. The van der Waals surface area contributed by atoms with Gasteiger partial charge in [0.05, 0.1) is 10.8 Å². The second-order valence-corrected chi connectivity index (χ2v) is 11.1. The van der Waals surface area contributed by atoms with Crippen LogP contribution in [0.15, 0.2) is 32.1 Å². The van der Waals surface area contributed by atoms with Gasteiger partial charge in [-0.05, 0) is 24.3 Å². The van der Waals surface area contributed by atoms with Crippen molar-refractivity contribution in [3.8, 4) is 0 Å². The zero-order valence-electron chi connectivity index (χ0n) is 14.8. The summed E-state index contributed by atoms with van der Waals surface area (Å²) >= 11 is 12.7. The molecular formula is C16H20Cl2N2O5S2. The van der Waals surface area contributed by atoms with E-state index >= 15 is 0 Å². The number of thiophene rings is 1. The van der Waals surface area contributed by atoms with Gasteiger partial charge in [0.1, 0.15) is 15.3 Å². The van der Waals surface area contributed by atoms with Crippen LogP contribution in [-0.4, -0.2) is 30.3 Å². The minimum absolute atomic E-state index is 0.0144. The number of aromatic nitrogens is 2. The molecule has 0 spiro atoms. The summed E-state index contributed by atoms with van der Waals surface area (Å²) < 4.78 is 32.2. The predicted octanol–water partition coefficient (Wildman–Crippen LogP) is 3.16. The number of hydrogen-bond acceptors (Lipinski definition) is 6. The van der Waals surface area contributed by atoms with E-state index in [9.17, 15) is 18.0 Å². The standard InChI is InChI=1S/C16H20Cl2N2O5S2/c1-16(2,9-27(23,24)13-8-11(17)14(18)26-13)5-3-7-25-10-20-6-4-12(21)19-15(20)22/h4,6,8H,3,5,7,9-10H2,1-2H3,(H,19,21,22). The van der Waals surface area contributed by atoms with E-state index in [0.717, 1.165) is 11.3 Å². The van der Waals surface area contributed by atoms with Crippen molar-refractivity contribution < 1.29 is 13.2 Å². The Labute approximate surface area is 170 Å². The molecular weight excluding hydrogens is 435 g/mol. The highest BCUT2D eigenvalue weighted by molar-refractivity contribution is 7.93. The summed E-state index contributed by atoms with van der Waals surface area (Å²) in [4.78, 5) is 24.7. The van der Waals surface area contributed by atoms with Crippen molar-refractivity contribution >= 4 is 44.4 Å². The maximum absolute atomic E-state index is 12.5. The van der Waals surface area contributed by atoms with Crippen LogP contribution >= 0.6 is 34.5 Å². The third-order valence-electron chi connectivity index (χ3n) is 3.78. The number of rotatable bonds is 9. The lowest BCUT2D eigenvalue weighted by Gasteiger charge is -2.24. The number of hydrogen-bond donors (Lipinski definition) is 1. The van der Waals surface area contributed by atoms with E-state index in [1.807, 2.05) is 13.8 Å². The Kier molecular flexibility index (Phi) is 7.32. The molecule has 0 radical (unpaired) electrons. The zero-order chi connectivity index (χ0) is 20.2. The Morgan fingerprint density at radius 3 is 2.59 bits per heavy atom. The molecule has 0 aliphatic heterocycles. The first-order chi connectivity index (χ1) is 12.5. The molecule has 0 unspecified atom stereocenters. The molecule has 0 aliphatic rings. The smallest absolute Gasteiger partial charge is 0.330 e. The van der Waals surface area contributed by atoms with Crippen LogP contribution in [0.2, 0.25) is 9.36 Å². The molecule has 27 heavy (non-hydrogen) atoms. The summed E-state index contributed by atoms with van der Waals surface area (Å²) in [7, 11) is -3.49. The molecule has 2 aromatic heterocycles. The Morgan fingerprint density at radius 1 is 1.30 bits per heavy atom.